The second kappa shape index (κ2) is 8.43. The molecule has 3 aliphatic heterocycles. The normalized spacial score (nSPS) is 17.2. The van der Waals surface area contributed by atoms with E-state index in [9.17, 15) is 9.18 Å². The van der Waals surface area contributed by atoms with Gasteiger partial charge in [-0.25, -0.2) is 4.39 Å². The number of fused-ring (bicyclic) bond motifs is 2. The second-order valence-corrected chi connectivity index (χ2v) is 8.50. The maximum Gasteiger partial charge on any atom is 0.265 e. The van der Waals surface area contributed by atoms with E-state index in [2.05, 4.69) is 9.89 Å². The Hall–Kier alpha value is -2.71. The van der Waals surface area contributed by atoms with Gasteiger partial charge in [-0.1, -0.05) is 23.4 Å². The van der Waals surface area contributed by atoms with Crippen LogP contribution in [0, 0.1) is 5.82 Å². The monoisotopic (exact) mass is 459 g/mol. The molecule has 0 aromatic heterocycles. The number of halogens is 2. The molecule has 0 bridgehead atoms. The molecule has 2 aromatic carbocycles. The lowest BCUT2D eigenvalue weighted by Gasteiger charge is -2.32. The molecular weight excluding hydrogens is 441 g/mol. The summed E-state index contributed by atoms with van der Waals surface area (Å²) in [7, 11) is 0. The summed E-state index contributed by atoms with van der Waals surface area (Å²) in [5, 5.41) is 3.56. The van der Waals surface area contributed by atoms with Crippen LogP contribution in [0.1, 0.15) is 12.0 Å². The van der Waals surface area contributed by atoms with Crippen molar-refractivity contribution in [2.45, 2.75) is 6.42 Å². The second-order valence-electron chi connectivity index (χ2n) is 7.23. The standard InChI is InChI=1S/C22H19ClFN3O3S/c23-14-10-17(19-13-31-22-25-6-8-27(19)22)21-18(11-14)26(20(28)12-30-21)7-1-9-29-16-4-2-15(24)3-5-16/h2-5,10-11,13H,1,6-9,12H2. The largest absolute Gasteiger partial charge is 0.494 e. The lowest BCUT2D eigenvalue weighted by Crippen LogP contribution is -2.40. The average Bonchev–Trinajstić information content (AvgIpc) is 3.37. The van der Waals surface area contributed by atoms with Crippen LogP contribution in [-0.4, -0.2) is 48.8 Å². The molecule has 0 unspecified atom stereocenters. The number of anilines is 1. The minimum Gasteiger partial charge on any atom is -0.494 e. The molecule has 31 heavy (non-hydrogen) atoms. The molecule has 3 heterocycles. The molecule has 160 valence electrons. The van der Waals surface area contributed by atoms with Gasteiger partial charge in [0, 0.05) is 29.1 Å². The first-order valence-electron chi connectivity index (χ1n) is 9.94. The van der Waals surface area contributed by atoms with Crippen molar-refractivity contribution < 1.29 is 18.7 Å². The molecule has 0 N–H and O–H groups in total. The first-order chi connectivity index (χ1) is 15.1. The summed E-state index contributed by atoms with van der Waals surface area (Å²) >= 11 is 8.02. The zero-order valence-corrected chi connectivity index (χ0v) is 18.1. The van der Waals surface area contributed by atoms with Gasteiger partial charge in [-0.3, -0.25) is 9.79 Å². The lowest BCUT2D eigenvalue weighted by atomic mass is 10.1. The van der Waals surface area contributed by atoms with Gasteiger partial charge in [-0.05, 0) is 42.8 Å². The van der Waals surface area contributed by atoms with E-state index in [4.69, 9.17) is 21.1 Å². The van der Waals surface area contributed by atoms with Gasteiger partial charge in [-0.15, -0.1) is 0 Å². The molecule has 6 nitrogen and oxygen atoms in total. The van der Waals surface area contributed by atoms with E-state index in [0.29, 0.717) is 41.8 Å². The van der Waals surface area contributed by atoms with Crippen molar-refractivity contribution in [1.29, 1.82) is 0 Å². The van der Waals surface area contributed by atoms with Crippen LogP contribution in [0.4, 0.5) is 10.1 Å². The van der Waals surface area contributed by atoms with Crippen LogP contribution in [0.3, 0.4) is 0 Å². The molecule has 0 aliphatic carbocycles. The summed E-state index contributed by atoms with van der Waals surface area (Å²) in [5.74, 6) is 0.817. The van der Waals surface area contributed by atoms with E-state index in [1.165, 1.54) is 12.1 Å². The molecule has 0 saturated heterocycles. The number of amidine groups is 1. The van der Waals surface area contributed by atoms with Gasteiger partial charge in [0.2, 0.25) is 0 Å². The Labute approximate surface area is 188 Å². The summed E-state index contributed by atoms with van der Waals surface area (Å²) in [6, 6.07) is 9.51. The van der Waals surface area contributed by atoms with Crippen LogP contribution in [0.15, 0.2) is 46.8 Å². The van der Waals surface area contributed by atoms with Gasteiger partial charge in [-0.2, -0.15) is 0 Å². The van der Waals surface area contributed by atoms with Crippen molar-refractivity contribution in [1.82, 2.24) is 4.90 Å². The predicted molar refractivity (Wildman–Crippen MR) is 120 cm³/mol. The van der Waals surface area contributed by atoms with Crippen molar-refractivity contribution in [3.05, 3.63) is 58.2 Å². The zero-order chi connectivity index (χ0) is 21.4. The number of rotatable bonds is 6. The fourth-order valence-corrected chi connectivity index (χ4v) is 4.95. The van der Waals surface area contributed by atoms with Crippen LogP contribution >= 0.6 is 23.4 Å². The molecule has 3 aliphatic rings. The fraction of sp³-hybridized carbons (Fsp3) is 0.273. The lowest BCUT2D eigenvalue weighted by molar-refractivity contribution is -0.121. The van der Waals surface area contributed by atoms with Crippen molar-refractivity contribution in [2.75, 3.05) is 37.7 Å². The Kier molecular flexibility index (Phi) is 5.50. The van der Waals surface area contributed by atoms with Gasteiger partial charge < -0.3 is 19.3 Å². The zero-order valence-electron chi connectivity index (χ0n) is 16.5. The summed E-state index contributed by atoms with van der Waals surface area (Å²) in [6.07, 6.45) is 0.603. The summed E-state index contributed by atoms with van der Waals surface area (Å²) in [6.45, 7) is 2.41. The summed E-state index contributed by atoms with van der Waals surface area (Å²) < 4.78 is 24.5. The van der Waals surface area contributed by atoms with Gasteiger partial charge in [0.25, 0.3) is 5.91 Å². The number of hydrogen-bond donors (Lipinski definition) is 0. The van der Waals surface area contributed by atoms with E-state index in [1.807, 2.05) is 11.5 Å². The van der Waals surface area contributed by atoms with E-state index in [-0.39, 0.29) is 18.3 Å². The average molecular weight is 460 g/mol. The third kappa shape index (κ3) is 3.97. The van der Waals surface area contributed by atoms with Crippen molar-refractivity contribution >= 4 is 45.8 Å². The van der Waals surface area contributed by atoms with Gasteiger partial charge in [0.1, 0.15) is 11.6 Å². The number of ether oxygens (including phenoxy) is 2. The number of thioether (sulfide) groups is 1. The molecule has 1 amide bonds. The number of amides is 1. The quantitative estimate of drug-likeness (QED) is 0.600. The van der Waals surface area contributed by atoms with Crippen LogP contribution in [0.5, 0.6) is 11.5 Å². The van der Waals surface area contributed by atoms with Crippen LogP contribution < -0.4 is 14.4 Å². The molecule has 0 saturated carbocycles. The molecule has 0 radical (unpaired) electrons. The molecule has 2 aromatic rings. The molecule has 0 spiro atoms. The third-order valence-corrected chi connectivity index (χ3v) is 6.34. The molecule has 9 heteroatoms. The van der Waals surface area contributed by atoms with Gasteiger partial charge >= 0.3 is 0 Å². The van der Waals surface area contributed by atoms with E-state index in [1.54, 1.807) is 34.9 Å². The number of nitrogens with zero attached hydrogens (tertiary/aromatic N) is 3. The Morgan fingerprint density at radius 3 is 2.94 bits per heavy atom. The highest BCUT2D eigenvalue weighted by Gasteiger charge is 2.33. The smallest absolute Gasteiger partial charge is 0.265 e. The molecule has 5 rings (SSSR count). The van der Waals surface area contributed by atoms with Crippen molar-refractivity contribution in [3.8, 4) is 11.5 Å². The maximum atomic E-state index is 13.0. The molecular formula is C22H19ClFN3O3S. The SMILES string of the molecule is O=C1COc2c(C3=CSC4=NCCN34)cc(Cl)cc2N1CCCOc1ccc(F)cc1. The van der Waals surface area contributed by atoms with Crippen molar-refractivity contribution in [2.24, 2.45) is 4.99 Å². The highest BCUT2D eigenvalue weighted by atomic mass is 35.5. The number of benzene rings is 2. The van der Waals surface area contributed by atoms with Crippen LogP contribution in [-0.2, 0) is 4.79 Å². The molecule has 0 atom stereocenters. The Bertz CT molecular complexity index is 1090. The van der Waals surface area contributed by atoms with E-state index < -0.39 is 0 Å². The number of carbonyl (C=O) groups excluding carboxylic acids is 1. The van der Waals surface area contributed by atoms with Crippen LogP contribution in [0.2, 0.25) is 5.02 Å². The predicted octanol–water partition coefficient (Wildman–Crippen LogP) is 4.39. The fourth-order valence-electron chi connectivity index (χ4n) is 3.79. The third-order valence-electron chi connectivity index (χ3n) is 5.22. The topological polar surface area (TPSA) is 54.4 Å². The summed E-state index contributed by atoms with van der Waals surface area (Å²) in [5.41, 5.74) is 2.52. The molecule has 0 fully saturated rings. The van der Waals surface area contributed by atoms with Gasteiger partial charge in [0.05, 0.1) is 24.5 Å². The Morgan fingerprint density at radius 1 is 1.26 bits per heavy atom. The van der Waals surface area contributed by atoms with Gasteiger partial charge in [0.15, 0.2) is 17.5 Å². The van der Waals surface area contributed by atoms with Crippen LogP contribution in [0.25, 0.3) is 5.70 Å². The number of hydrogen-bond acceptors (Lipinski definition) is 6. The minimum atomic E-state index is -0.307. The first-order valence-corrected chi connectivity index (χ1v) is 11.2. The summed E-state index contributed by atoms with van der Waals surface area (Å²) in [4.78, 5) is 21.0. The van der Waals surface area contributed by atoms with E-state index in [0.717, 1.165) is 29.5 Å². The first kappa shape index (κ1) is 20.2. The minimum absolute atomic E-state index is 0.0260. The number of carbonyl (C=O) groups is 1. The highest BCUT2D eigenvalue weighted by molar-refractivity contribution is 8.16. The Morgan fingerprint density at radius 2 is 2.10 bits per heavy atom. The van der Waals surface area contributed by atoms with E-state index >= 15 is 0 Å². The van der Waals surface area contributed by atoms with Crippen molar-refractivity contribution in [3.63, 3.8) is 0 Å². The highest BCUT2D eigenvalue weighted by Crippen LogP contribution is 2.45. The Balaban J connectivity index is 1.34. The number of aliphatic imine (C=N–C) groups is 1. The maximum absolute atomic E-state index is 13.0.